The molecule has 0 saturated carbocycles. The molecule has 0 fully saturated rings. The van der Waals surface area contributed by atoms with E-state index in [1.54, 1.807) is 11.3 Å². The van der Waals surface area contributed by atoms with E-state index in [0.29, 0.717) is 5.56 Å². The molecule has 248 valence electrons. The van der Waals surface area contributed by atoms with Crippen LogP contribution in [0.3, 0.4) is 0 Å². The molecule has 1 N–H and O–H groups in total. The molecule has 1 heterocycles. The highest BCUT2D eigenvalue weighted by molar-refractivity contribution is 7.18. The fourth-order valence-corrected chi connectivity index (χ4v) is 7.91. The molecule has 5 heteroatoms. The molecule has 0 amide bonds. The van der Waals surface area contributed by atoms with Crippen LogP contribution in [0.4, 0.5) is 27.8 Å². The molecule has 0 unspecified atom stereocenters. The minimum Gasteiger partial charge on any atom is -0.346 e. The Morgan fingerprint density at radius 1 is 0.686 bits per heavy atom. The third kappa shape index (κ3) is 7.10. The third-order valence-corrected chi connectivity index (χ3v) is 10.2. The summed E-state index contributed by atoms with van der Waals surface area (Å²) in [6.45, 7) is 6.05. The average Bonchev–Trinajstić information content (AvgIpc) is 3.55. The number of nitriles is 1. The van der Waals surface area contributed by atoms with Crippen LogP contribution in [0.1, 0.15) is 29.9 Å². The van der Waals surface area contributed by atoms with Gasteiger partial charge in [0.2, 0.25) is 11.4 Å². The van der Waals surface area contributed by atoms with Gasteiger partial charge >= 0.3 is 0 Å². The molecule has 1 aliphatic carbocycles. The second-order valence-electron chi connectivity index (χ2n) is 12.1. The van der Waals surface area contributed by atoms with E-state index in [9.17, 15) is 5.26 Å². The Balaban J connectivity index is 1.43. The molecule has 0 spiro atoms. The molecule has 1 aromatic heterocycles. The minimum absolute atomic E-state index is 0.637. The Morgan fingerprint density at radius 3 is 1.84 bits per heavy atom. The molecule has 4 nitrogen and oxygen atoms in total. The second-order valence-corrected chi connectivity index (χ2v) is 13.1. The van der Waals surface area contributed by atoms with Gasteiger partial charge in [0.05, 0.1) is 5.56 Å². The summed E-state index contributed by atoms with van der Waals surface area (Å²) in [5.41, 5.74) is 11.3. The van der Waals surface area contributed by atoms with Crippen molar-refractivity contribution >= 4 is 50.4 Å². The lowest BCUT2D eigenvalue weighted by atomic mass is 9.90. The molecule has 6 aromatic rings. The van der Waals surface area contributed by atoms with Crippen molar-refractivity contribution in [2.24, 2.45) is 0 Å². The summed E-state index contributed by atoms with van der Waals surface area (Å²) in [6.07, 6.45) is 8.85. The second kappa shape index (κ2) is 15.6. The first-order valence-corrected chi connectivity index (χ1v) is 18.2. The van der Waals surface area contributed by atoms with Crippen LogP contribution in [-0.4, -0.2) is 23.4 Å². The third-order valence-electron chi connectivity index (χ3n) is 9.04. The number of para-hydroxylation sites is 3. The summed E-state index contributed by atoms with van der Waals surface area (Å²) in [7, 11) is 0. The van der Waals surface area contributed by atoms with Gasteiger partial charge in [0, 0.05) is 63.9 Å². The summed E-state index contributed by atoms with van der Waals surface area (Å²) >= 11 is 1.63. The Kier molecular flexibility index (Phi) is 10.1. The highest BCUT2D eigenvalue weighted by atomic mass is 32.1. The molecule has 1 aliphatic rings. The van der Waals surface area contributed by atoms with E-state index in [1.165, 1.54) is 0 Å². The van der Waals surface area contributed by atoms with Gasteiger partial charge in [0.15, 0.2) is 0 Å². The summed E-state index contributed by atoms with van der Waals surface area (Å²) in [5.74, 6) is 0. The molecular weight excluding hydrogens is 641 g/mol. The van der Waals surface area contributed by atoms with Crippen LogP contribution in [0, 0.1) is 11.3 Å². The number of rotatable bonds is 10. The van der Waals surface area contributed by atoms with Crippen molar-refractivity contribution < 1.29 is 4.58 Å². The number of anilines is 4. The van der Waals surface area contributed by atoms with Gasteiger partial charge in [0.1, 0.15) is 17.6 Å². The zero-order valence-corrected chi connectivity index (χ0v) is 29.6. The summed E-state index contributed by atoms with van der Waals surface area (Å²) in [4.78, 5) is 3.36. The Hall–Kier alpha value is -6.22. The van der Waals surface area contributed by atoms with Crippen LogP contribution in [-0.2, 0) is 0 Å². The van der Waals surface area contributed by atoms with Crippen molar-refractivity contribution in [1.29, 1.82) is 5.26 Å². The zero-order chi connectivity index (χ0) is 35.0. The minimum atomic E-state index is 0.637. The van der Waals surface area contributed by atoms with Crippen molar-refractivity contribution in [1.82, 2.24) is 0 Å². The van der Waals surface area contributed by atoms with E-state index in [4.69, 9.17) is 0 Å². The largest absolute Gasteiger partial charge is 0.346 e. The van der Waals surface area contributed by atoms with E-state index >= 15 is 0 Å². The molecule has 0 radical (unpaired) electrons. The first-order chi connectivity index (χ1) is 25.2. The van der Waals surface area contributed by atoms with Crippen molar-refractivity contribution in [3.05, 3.63) is 191 Å². The fourth-order valence-electron chi connectivity index (χ4n) is 6.62. The van der Waals surface area contributed by atoms with E-state index in [0.717, 1.165) is 79.3 Å². The number of hydrogen-bond acceptors (Lipinski definition) is 4. The number of benzene rings is 5. The predicted molar refractivity (Wildman–Crippen MR) is 216 cm³/mol. The lowest BCUT2D eigenvalue weighted by Crippen LogP contribution is -2.15. The van der Waals surface area contributed by atoms with Gasteiger partial charge in [0.25, 0.3) is 0 Å². The number of nitrogens with one attached hydrogen (secondary N) is 1. The van der Waals surface area contributed by atoms with Crippen molar-refractivity contribution in [2.75, 3.05) is 23.3 Å². The molecule has 51 heavy (non-hydrogen) atoms. The number of nitrogens with zero attached hydrogens (tertiary/aromatic N) is 3. The highest BCUT2D eigenvalue weighted by Gasteiger charge is 2.26. The van der Waals surface area contributed by atoms with E-state index in [-0.39, 0.29) is 0 Å². The number of hydrogen-bond donors (Lipinski definition) is 1. The standard InChI is InChI=1S/C46H38N4S/c1-3-49(38-21-13-7-14-22-38)40-29-25-35(26-30-40)43(36-27-31-41(32-28-36)50(4-2)39-23-15-8-16-24-39)45-44(34-17-9-5-10-18-34)42(33-47)46(51-45)48-37-19-11-6-12-20-37/h5-32H,3-4H2,1-2H3/p+1. The van der Waals surface area contributed by atoms with Gasteiger partial charge in [-0.1, -0.05) is 97.1 Å². The van der Waals surface area contributed by atoms with Gasteiger partial charge in [-0.25, -0.2) is 0 Å². The van der Waals surface area contributed by atoms with Gasteiger partial charge in [-0.3, -0.25) is 0 Å². The monoisotopic (exact) mass is 679 g/mol. The maximum absolute atomic E-state index is 10.7. The number of allylic oxidation sites excluding steroid dienone is 5. The first-order valence-electron chi connectivity index (χ1n) is 17.4. The Labute approximate surface area is 304 Å². The normalized spacial score (nSPS) is 12.0. The predicted octanol–water partition coefficient (Wildman–Crippen LogP) is 11.9. The van der Waals surface area contributed by atoms with E-state index in [1.807, 2.05) is 60.7 Å². The van der Waals surface area contributed by atoms with Crippen molar-refractivity contribution in [3.63, 3.8) is 0 Å². The van der Waals surface area contributed by atoms with Gasteiger partial charge in [-0.05, 0) is 79.1 Å². The highest BCUT2D eigenvalue weighted by Crippen LogP contribution is 2.47. The van der Waals surface area contributed by atoms with Gasteiger partial charge < -0.3 is 10.2 Å². The smallest absolute Gasteiger partial charge is 0.205 e. The van der Waals surface area contributed by atoms with Gasteiger partial charge in [-0.15, -0.1) is 11.3 Å². The average molecular weight is 680 g/mol. The molecule has 0 saturated heterocycles. The Bertz CT molecular complexity index is 2260. The summed E-state index contributed by atoms with van der Waals surface area (Å²) in [6, 6.07) is 52.8. The molecule has 0 aliphatic heterocycles. The van der Waals surface area contributed by atoms with E-state index in [2.05, 4.69) is 144 Å². The van der Waals surface area contributed by atoms with Gasteiger partial charge in [-0.2, -0.15) is 9.84 Å². The molecule has 5 aromatic carbocycles. The zero-order valence-electron chi connectivity index (χ0n) is 28.8. The topological polar surface area (TPSA) is 42.1 Å². The quantitative estimate of drug-likeness (QED) is 0.147. The van der Waals surface area contributed by atoms with Crippen LogP contribution < -0.4 is 10.2 Å². The molecular formula is C46H39N4S+. The fraction of sp³-hybridized carbons (Fsp3) is 0.0870. The van der Waals surface area contributed by atoms with E-state index < -0.39 is 0 Å². The lowest BCUT2D eigenvalue weighted by Gasteiger charge is -2.24. The van der Waals surface area contributed by atoms with Crippen LogP contribution in [0.15, 0.2) is 175 Å². The summed E-state index contributed by atoms with van der Waals surface area (Å²) in [5, 5.41) is 15.1. The van der Waals surface area contributed by atoms with Crippen LogP contribution in [0.25, 0.3) is 16.7 Å². The van der Waals surface area contributed by atoms with Crippen molar-refractivity contribution in [3.8, 4) is 17.2 Å². The molecule has 0 atom stereocenters. The Morgan fingerprint density at radius 2 is 1.25 bits per heavy atom. The first kappa shape index (κ1) is 33.3. The maximum atomic E-state index is 10.7. The maximum Gasteiger partial charge on any atom is 0.205 e. The number of thiophene rings is 1. The van der Waals surface area contributed by atoms with Crippen LogP contribution in [0.2, 0.25) is 0 Å². The van der Waals surface area contributed by atoms with Crippen LogP contribution in [0.5, 0.6) is 0 Å². The SMILES string of the molecule is CCN(c1ccccc1)c1ccc(C(=C2C=CC(=[N+](CC)c3ccccc3)C=C2)c2sc(Nc3ccccc3)c(C#N)c2-c2ccccc2)cc1. The van der Waals surface area contributed by atoms with Crippen LogP contribution >= 0.6 is 11.3 Å². The lowest BCUT2D eigenvalue weighted by molar-refractivity contribution is -0.434. The summed E-state index contributed by atoms with van der Waals surface area (Å²) < 4.78 is 2.32. The van der Waals surface area contributed by atoms with Crippen molar-refractivity contribution in [2.45, 2.75) is 13.8 Å². The molecule has 0 bridgehead atoms. The molecule has 7 rings (SSSR count).